The third kappa shape index (κ3) is 4.31. The average Bonchev–Trinajstić information content (AvgIpc) is 2.73. The Morgan fingerprint density at radius 2 is 2.11 bits per heavy atom. The number of hydrogen-bond acceptors (Lipinski definition) is 6. The number of fused-ring (bicyclic) bond motifs is 1. The third-order valence-corrected chi connectivity index (χ3v) is 5.37. The van der Waals surface area contributed by atoms with Gasteiger partial charge in [0, 0.05) is 41.6 Å². The van der Waals surface area contributed by atoms with Gasteiger partial charge in [-0.2, -0.15) is 0 Å². The Balaban J connectivity index is 1.44. The number of carbonyl (C=O) groups is 1. The van der Waals surface area contributed by atoms with Gasteiger partial charge in [0.1, 0.15) is 0 Å². The first-order valence-corrected chi connectivity index (χ1v) is 9.87. The first kappa shape index (κ1) is 17.6. The van der Waals surface area contributed by atoms with E-state index in [1.165, 1.54) is 11.8 Å². The van der Waals surface area contributed by atoms with Gasteiger partial charge >= 0.3 is 0 Å². The van der Waals surface area contributed by atoms with E-state index in [0.717, 1.165) is 41.1 Å². The van der Waals surface area contributed by atoms with E-state index in [0.29, 0.717) is 11.6 Å². The van der Waals surface area contributed by atoms with E-state index in [9.17, 15) is 4.79 Å². The third-order valence-electron chi connectivity index (χ3n) is 4.43. The van der Waals surface area contributed by atoms with Gasteiger partial charge in [0.05, 0.1) is 16.8 Å². The fraction of sp³-hybridized carbons (Fsp3) is 0.250. The quantitative estimate of drug-likeness (QED) is 0.688. The first-order valence-electron chi connectivity index (χ1n) is 8.89. The molecule has 3 aromatic heterocycles. The van der Waals surface area contributed by atoms with Crippen molar-refractivity contribution in [2.75, 3.05) is 5.75 Å². The van der Waals surface area contributed by atoms with Crippen LogP contribution in [0.15, 0.2) is 60.1 Å². The second-order valence-corrected chi connectivity index (χ2v) is 7.30. The molecule has 0 spiro atoms. The fourth-order valence-electron chi connectivity index (χ4n) is 3.14. The maximum Gasteiger partial charge on any atom is 0.230 e. The van der Waals surface area contributed by atoms with E-state index in [-0.39, 0.29) is 11.9 Å². The lowest BCUT2D eigenvalue weighted by molar-refractivity contribution is -0.119. The van der Waals surface area contributed by atoms with E-state index < -0.39 is 0 Å². The van der Waals surface area contributed by atoms with Crippen LogP contribution in [-0.2, 0) is 11.2 Å². The maximum atomic E-state index is 12.4. The van der Waals surface area contributed by atoms with Crippen LogP contribution < -0.4 is 5.32 Å². The van der Waals surface area contributed by atoms with Crippen molar-refractivity contribution in [1.82, 2.24) is 25.3 Å². The molecule has 1 aliphatic rings. The lowest BCUT2D eigenvalue weighted by Gasteiger charge is -2.25. The van der Waals surface area contributed by atoms with Crippen LogP contribution in [0.2, 0.25) is 0 Å². The Labute approximate surface area is 161 Å². The number of nitrogens with zero attached hydrogens (tertiary/aromatic N) is 4. The van der Waals surface area contributed by atoms with Crippen molar-refractivity contribution >= 4 is 17.7 Å². The van der Waals surface area contributed by atoms with E-state index in [4.69, 9.17) is 4.98 Å². The Morgan fingerprint density at radius 3 is 2.93 bits per heavy atom. The molecule has 3 aromatic rings. The largest absolute Gasteiger partial charge is 0.348 e. The zero-order chi connectivity index (χ0) is 18.5. The van der Waals surface area contributed by atoms with Crippen molar-refractivity contribution in [1.29, 1.82) is 0 Å². The van der Waals surface area contributed by atoms with Crippen molar-refractivity contribution in [3.63, 3.8) is 0 Å². The molecule has 0 unspecified atom stereocenters. The van der Waals surface area contributed by atoms with Gasteiger partial charge in [-0.3, -0.25) is 9.78 Å². The number of aromatic nitrogens is 4. The first-order chi connectivity index (χ1) is 13.3. The predicted octanol–water partition coefficient (Wildman–Crippen LogP) is 3.22. The minimum atomic E-state index is -0.0338. The minimum Gasteiger partial charge on any atom is -0.348 e. The highest BCUT2D eigenvalue weighted by molar-refractivity contribution is 7.99. The summed E-state index contributed by atoms with van der Waals surface area (Å²) < 4.78 is 0. The number of hydrogen-bond donors (Lipinski definition) is 1. The molecule has 3 heterocycles. The SMILES string of the molecule is O=C(CSc1ccccn1)N[C@@H]1CCCc2nc(-c3cccnc3)ncc21. The lowest BCUT2D eigenvalue weighted by Crippen LogP contribution is -2.32. The van der Waals surface area contributed by atoms with Crippen molar-refractivity contribution in [3.05, 3.63) is 66.4 Å². The number of amides is 1. The molecule has 0 aliphatic heterocycles. The van der Waals surface area contributed by atoms with Gasteiger partial charge in [0.15, 0.2) is 5.82 Å². The van der Waals surface area contributed by atoms with E-state index in [1.807, 2.05) is 36.5 Å². The highest BCUT2D eigenvalue weighted by Crippen LogP contribution is 2.29. The van der Waals surface area contributed by atoms with Gasteiger partial charge in [-0.25, -0.2) is 15.0 Å². The second kappa shape index (κ2) is 8.26. The standard InChI is InChI=1S/C20H19N5OS/c26-18(13-27-19-8-1-2-10-22-19)24-16-6-3-7-17-15(16)12-23-20(25-17)14-5-4-9-21-11-14/h1-2,4-5,8-12,16H,3,6-7,13H2,(H,24,26)/t16-/m1/s1. The van der Waals surface area contributed by atoms with Crippen LogP contribution in [0.3, 0.4) is 0 Å². The minimum absolute atomic E-state index is 0.000149. The van der Waals surface area contributed by atoms with Crippen LogP contribution >= 0.6 is 11.8 Å². The zero-order valence-corrected chi connectivity index (χ0v) is 15.5. The number of nitrogens with one attached hydrogen (secondary N) is 1. The average molecular weight is 377 g/mol. The van der Waals surface area contributed by atoms with Crippen LogP contribution in [0.4, 0.5) is 0 Å². The number of pyridine rings is 2. The van der Waals surface area contributed by atoms with Gasteiger partial charge in [0.2, 0.25) is 5.91 Å². The second-order valence-electron chi connectivity index (χ2n) is 6.31. The highest BCUT2D eigenvalue weighted by atomic mass is 32.2. The molecular weight excluding hydrogens is 358 g/mol. The highest BCUT2D eigenvalue weighted by Gasteiger charge is 2.24. The Kier molecular flexibility index (Phi) is 5.39. The van der Waals surface area contributed by atoms with E-state index in [1.54, 1.807) is 18.6 Å². The molecule has 0 bridgehead atoms. The van der Waals surface area contributed by atoms with Gasteiger partial charge < -0.3 is 5.32 Å². The molecule has 1 aliphatic carbocycles. The molecule has 0 radical (unpaired) electrons. The van der Waals surface area contributed by atoms with Crippen molar-refractivity contribution in [2.24, 2.45) is 0 Å². The molecule has 7 heteroatoms. The molecule has 6 nitrogen and oxygen atoms in total. The molecule has 136 valence electrons. The van der Waals surface area contributed by atoms with Gasteiger partial charge in [0.25, 0.3) is 0 Å². The summed E-state index contributed by atoms with van der Waals surface area (Å²) in [6.07, 6.45) is 9.88. The van der Waals surface area contributed by atoms with Gasteiger partial charge in [-0.05, 0) is 43.5 Å². The Morgan fingerprint density at radius 1 is 1.15 bits per heavy atom. The van der Waals surface area contributed by atoms with Crippen LogP contribution in [0.1, 0.15) is 30.1 Å². The van der Waals surface area contributed by atoms with E-state index >= 15 is 0 Å². The summed E-state index contributed by atoms with van der Waals surface area (Å²) in [4.78, 5) is 29.9. The predicted molar refractivity (Wildman–Crippen MR) is 104 cm³/mol. The van der Waals surface area contributed by atoms with Crippen molar-refractivity contribution < 1.29 is 4.79 Å². The summed E-state index contributed by atoms with van der Waals surface area (Å²) in [5.41, 5.74) is 2.93. The van der Waals surface area contributed by atoms with Gasteiger partial charge in [-0.15, -0.1) is 0 Å². The summed E-state index contributed by atoms with van der Waals surface area (Å²) >= 11 is 1.44. The van der Waals surface area contributed by atoms with Crippen molar-refractivity contribution in [2.45, 2.75) is 30.3 Å². The topological polar surface area (TPSA) is 80.7 Å². The molecule has 1 N–H and O–H groups in total. The van der Waals surface area contributed by atoms with E-state index in [2.05, 4.69) is 20.3 Å². The Hall–Kier alpha value is -2.80. The van der Waals surface area contributed by atoms with Gasteiger partial charge in [-0.1, -0.05) is 17.8 Å². The molecule has 0 saturated carbocycles. The van der Waals surface area contributed by atoms with Crippen LogP contribution in [0.25, 0.3) is 11.4 Å². The number of thioether (sulfide) groups is 1. The summed E-state index contributed by atoms with van der Waals surface area (Å²) in [5, 5.41) is 3.97. The number of rotatable bonds is 5. The molecule has 0 fully saturated rings. The lowest BCUT2D eigenvalue weighted by atomic mass is 9.92. The molecule has 0 aromatic carbocycles. The summed E-state index contributed by atoms with van der Waals surface area (Å²) in [6, 6.07) is 9.48. The van der Waals surface area contributed by atoms with Crippen LogP contribution in [0.5, 0.6) is 0 Å². The summed E-state index contributed by atoms with van der Waals surface area (Å²) in [6.45, 7) is 0. The molecule has 1 atom stereocenters. The maximum absolute atomic E-state index is 12.4. The summed E-state index contributed by atoms with van der Waals surface area (Å²) in [7, 11) is 0. The monoisotopic (exact) mass is 377 g/mol. The number of carbonyl (C=O) groups excluding carboxylic acids is 1. The normalized spacial score (nSPS) is 15.8. The van der Waals surface area contributed by atoms with Crippen LogP contribution in [-0.4, -0.2) is 31.6 Å². The van der Waals surface area contributed by atoms with Crippen LogP contribution in [0, 0.1) is 0 Å². The summed E-state index contributed by atoms with van der Waals surface area (Å²) in [5.74, 6) is 1.02. The zero-order valence-electron chi connectivity index (χ0n) is 14.7. The number of aryl methyl sites for hydroxylation is 1. The molecule has 27 heavy (non-hydrogen) atoms. The molecule has 0 saturated heterocycles. The smallest absolute Gasteiger partial charge is 0.230 e. The molecule has 4 rings (SSSR count). The molecular formula is C20H19N5OS. The Bertz CT molecular complexity index is 920. The fourth-order valence-corrected chi connectivity index (χ4v) is 3.81. The van der Waals surface area contributed by atoms with Crippen molar-refractivity contribution in [3.8, 4) is 11.4 Å². The molecule has 1 amide bonds.